The quantitative estimate of drug-likeness (QED) is 0.197. The molecular weight excluding hydrogens is 576 g/mol. The van der Waals surface area contributed by atoms with E-state index in [2.05, 4.69) is 16.7 Å². The number of nitrogens with zero attached hydrogens (tertiary/aromatic N) is 1. The Bertz CT molecular complexity index is 1440. The number of esters is 1. The number of nitrogens with two attached hydrogens (primary N) is 1. The van der Waals surface area contributed by atoms with Crippen LogP contribution in [0.5, 0.6) is 0 Å². The highest BCUT2D eigenvalue weighted by molar-refractivity contribution is 5.96. The molecule has 0 aliphatic rings. The summed E-state index contributed by atoms with van der Waals surface area (Å²) in [6.45, 7) is 13.7. The molecule has 0 aliphatic carbocycles. The maximum absolute atomic E-state index is 14.2. The van der Waals surface area contributed by atoms with Crippen molar-refractivity contribution in [1.29, 1.82) is 0 Å². The lowest BCUT2D eigenvalue weighted by molar-refractivity contribution is -0.159. The predicted molar refractivity (Wildman–Crippen MR) is 169 cm³/mol. The van der Waals surface area contributed by atoms with E-state index >= 15 is 0 Å². The first kappa shape index (κ1) is 36.3. The van der Waals surface area contributed by atoms with Crippen LogP contribution in [0.2, 0.25) is 0 Å². The number of ether oxygens (including phenoxy) is 2. The van der Waals surface area contributed by atoms with E-state index in [4.69, 9.17) is 21.6 Å². The van der Waals surface area contributed by atoms with Gasteiger partial charge in [0, 0.05) is 12.5 Å². The average molecular weight is 621 g/mol. The number of aryl methyl sites for hydroxylation is 2. The van der Waals surface area contributed by atoms with E-state index in [0.717, 1.165) is 21.6 Å². The van der Waals surface area contributed by atoms with Gasteiger partial charge >= 0.3 is 12.1 Å². The van der Waals surface area contributed by atoms with Crippen LogP contribution in [0.1, 0.15) is 76.3 Å². The fourth-order valence-electron chi connectivity index (χ4n) is 4.30. The van der Waals surface area contributed by atoms with Gasteiger partial charge in [-0.05, 0) is 77.6 Å². The largest absolute Gasteiger partial charge is 0.458 e. The van der Waals surface area contributed by atoms with Crippen LogP contribution in [-0.4, -0.2) is 58.0 Å². The summed E-state index contributed by atoms with van der Waals surface area (Å²) < 4.78 is 10.9. The zero-order valence-electron chi connectivity index (χ0n) is 27.2. The molecule has 11 nitrogen and oxygen atoms in total. The van der Waals surface area contributed by atoms with Gasteiger partial charge in [0.05, 0.1) is 6.42 Å². The topological polar surface area (TPSA) is 157 Å². The number of rotatable bonds is 11. The lowest BCUT2D eigenvalue weighted by Crippen LogP contribution is -2.54. The van der Waals surface area contributed by atoms with Crippen LogP contribution in [0.4, 0.5) is 4.79 Å². The lowest BCUT2D eigenvalue weighted by atomic mass is 9.97. The second kappa shape index (κ2) is 15.2. The molecule has 0 aliphatic heterocycles. The summed E-state index contributed by atoms with van der Waals surface area (Å²) in [7, 11) is 0. The third kappa shape index (κ3) is 11.6. The van der Waals surface area contributed by atoms with Crippen molar-refractivity contribution in [2.24, 2.45) is 5.73 Å². The molecule has 0 aromatic heterocycles. The summed E-state index contributed by atoms with van der Waals surface area (Å²) in [5, 5.41) is 5.08. The number of primary amides is 1. The van der Waals surface area contributed by atoms with E-state index in [-0.39, 0.29) is 6.42 Å². The fourth-order valence-corrected chi connectivity index (χ4v) is 4.30. The predicted octanol–water partition coefficient (Wildman–Crippen LogP) is 3.60. The summed E-state index contributed by atoms with van der Waals surface area (Å²) in [4.78, 5) is 66.7. The van der Waals surface area contributed by atoms with Gasteiger partial charge in [0.2, 0.25) is 11.8 Å². The molecule has 2 aromatic rings. The third-order valence-electron chi connectivity index (χ3n) is 6.41. The number of benzene rings is 2. The minimum absolute atomic E-state index is 0.0929. The number of carbonyl (C=O) groups is 5. The average Bonchev–Trinajstić information content (AvgIpc) is 2.90. The molecule has 0 heterocycles. The van der Waals surface area contributed by atoms with Crippen molar-refractivity contribution >= 4 is 29.8 Å². The third-order valence-corrected chi connectivity index (χ3v) is 6.41. The maximum atomic E-state index is 14.2. The Kier molecular flexibility index (Phi) is 12.3. The molecule has 0 saturated heterocycles. The molecule has 0 fully saturated rings. The number of nitrogens with one attached hydrogen (secondary N) is 2. The number of terminal acetylenes is 1. The van der Waals surface area contributed by atoms with Crippen LogP contribution in [0.15, 0.2) is 48.5 Å². The highest BCUT2D eigenvalue weighted by atomic mass is 16.6. The Balaban J connectivity index is 2.58. The molecule has 0 radical (unpaired) electrons. The second-order valence-corrected chi connectivity index (χ2v) is 12.7. The van der Waals surface area contributed by atoms with Gasteiger partial charge in [-0.2, -0.15) is 0 Å². The molecule has 3 unspecified atom stereocenters. The minimum Gasteiger partial charge on any atom is -0.458 e. The number of carbonyl (C=O) groups excluding carboxylic acids is 5. The SMILES string of the molecule is C#CN(C(=O)C(CC(N)=O)NC(=O)OC(C)(C)C)C(C(=O)NC(Cc1ccccc1)C(=O)OC(C)(C)C)c1ccc(C)c(C)c1. The Labute approximate surface area is 265 Å². The van der Waals surface area contributed by atoms with Crippen LogP contribution in [0, 0.1) is 26.3 Å². The molecule has 0 saturated carbocycles. The first-order chi connectivity index (χ1) is 20.8. The Morgan fingerprint density at radius 2 is 1.47 bits per heavy atom. The number of hydrogen-bond acceptors (Lipinski definition) is 7. The molecule has 45 heavy (non-hydrogen) atoms. The Hall–Kier alpha value is -4.85. The molecule has 0 spiro atoms. The van der Waals surface area contributed by atoms with Crippen molar-refractivity contribution in [1.82, 2.24) is 15.5 Å². The molecule has 4 amide bonds. The van der Waals surface area contributed by atoms with Crippen LogP contribution < -0.4 is 16.4 Å². The van der Waals surface area contributed by atoms with Gasteiger partial charge in [0.1, 0.15) is 29.3 Å². The number of hydrogen-bond donors (Lipinski definition) is 3. The molecule has 2 aromatic carbocycles. The first-order valence-corrected chi connectivity index (χ1v) is 14.5. The van der Waals surface area contributed by atoms with Gasteiger partial charge in [-0.1, -0.05) is 55.0 Å². The van der Waals surface area contributed by atoms with Gasteiger partial charge in [-0.15, -0.1) is 0 Å². The first-order valence-electron chi connectivity index (χ1n) is 14.5. The minimum atomic E-state index is -1.55. The zero-order valence-corrected chi connectivity index (χ0v) is 27.2. The molecule has 0 bridgehead atoms. The second-order valence-electron chi connectivity index (χ2n) is 12.7. The van der Waals surface area contributed by atoms with E-state index in [1.165, 1.54) is 0 Å². The summed E-state index contributed by atoms with van der Waals surface area (Å²) in [6.07, 6.45) is 4.33. The highest BCUT2D eigenvalue weighted by Gasteiger charge is 2.38. The van der Waals surface area contributed by atoms with Crippen molar-refractivity contribution in [3.8, 4) is 12.5 Å². The number of amides is 4. The zero-order chi connectivity index (χ0) is 34.1. The maximum Gasteiger partial charge on any atom is 0.408 e. The summed E-state index contributed by atoms with van der Waals surface area (Å²) >= 11 is 0. The van der Waals surface area contributed by atoms with Crippen LogP contribution in [-0.2, 0) is 35.1 Å². The van der Waals surface area contributed by atoms with E-state index in [1.54, 1.807) is 84.0 Å². The summed E-state index contributed by atoms with van der Waals surface area (Å²) in [5.74, 6) is -3.33. The van der Waals surface area contributed by atoms with Crippen molar-refractivity contribution in [2.75, 3.05) is 0 Å². The van der Waals surface area contributed by atoms with E-state index in [1.807, 2.05) is 19.9 Å². The van der Waals surface area contributed by atoms with Gasteiger partial charge in [-0.25, -0.2) is 9.59 Å². The van der Waals surface area contributed by atoms with Gasteiger partial charge in [0.15, 0.2) is 0 Å². The van der Waals surface area contributed by atoms with Crippen molar-refractivity contribution in [3.05, 3.63) is 70.8 Å². The van der Waals surface area contributed by atoms with E-state index in [9.17, 15) is 24.0 Å². The molecule has 4 N–H and O–H groups in total. The molecular formula is C34H44N4O7. The van der Waals surface area contributed by atoms with Crippen molar-refractivity contribution in [3.63, 3.8) is 0 Å². The van der Waals surface area contributed by atoms with Gasteiger partial charge in [-0.3, -0.25) is 19.3 Å². The summed E-state index contributed by atoms with van der Waals surface area (Å²) in [5.41, 5.74) is 6.46. The lowest BCUT2D eigenvalue weighted by Gasteiger charge is -2.31. The Morgan fingerprint density at radius 1 is 0.867 bits per heavy atom. The Morgan fingerprint density at radius 3 is 1.98 bits per heavy atom. The van der Waals surface area contributed by atoms with Crippen LogP contribution >= 0.6 is 0 Å². The molecule has 3 atom stereocenters. The standard InChI is InChI=1S/C34H44N4O7/c1-10-38(30(41)25(20-27(35)39)37-32(43)45-34(7,8)9)28(24-17-16-21(2)22(3)18-24)29(40)36-26(31(42)44-33(4,5)6)19-23-14-12-11-13-15-23/h1,11-18,25-26,28H,19-20H2,2-9H3,(H2,35,39)(H,36,40)(H,37,43). The smallest absolute Gasteiger partial charge is 0.408 e. The van der Waals surface area contributed by atoms with Crippen molar-refractivity contribution in [2.45, 2.75) is 97.6 Å². The van der Waals surface area contributed by atoms with Gasteiger partial charge in [0.25, 0.3) is 5.91 Å². The van der Waals surface area contributed by atoms with Crippen LogP contribution in [0.25, 0.3) is 0 Å². The monoisotopic (exact) mass is 620 g/mol. The molecule has 242 valence electrons. The highest BCUT2D eigenvalue weighted by Crippen LogP contribution is 2.25. The van der Waals surface area contributed by atoms with Gasteiger partial charge < -0.3 is 25.8 Å². The van der Waals surface area contributed by atoms with Crippen molar-refractivity contribution < 1.29 is 33.4 Å². The number of alkyl carbamates (subject to hydrolysis) is 1. The molecule has 11 heteroatoms. The normalized spacial score (nSPS) is 13.3. The fraction of sp³-hybridized carbons (Fsp3) is 0.441. The van der Waals surface area contributed by atoms with E-state index < -0.39 is 65.5 Å². The van der Waals surface area contributed by atoms with E-state index in [0.29, 0.717) is 5.56 Å². The summed E-state index contributed by atoms with van der Waals surface area (Å²) in [6, 6.07) is 12.2. The van der Waals surface area contributed by atoms with Crippen LogP contribution in [0.3, 0.4) is 0 Å². The molecule has 2 rings (SSSR count).